The number of nitrogens with one attached hydrogen (secondary N) is 1. The molecular weight excluding hydrogens is 348 g/mol. The highest BCUT2D eigenvalue weighted by Crippen LogP contribution is 2.25. The Morgan fingerprint density at radius 3 is 2.81 bits per heavy atom. The highest BCUT2D eigenvalue weighted by atomic mass is 32.2. The molecule has 0 spiro atoms. The first-order valence-electron chi connectivity index (χ1n) is 9.05. The molecule has 0 bridgehead atoms. The van der Waals surface area contributed by atoms with Crippen molar-refractivity contribution in [2.45, 2.75) is 50.7 Å². The van der Waals surface area contributed by atoms with E-state index in [1.54, 1.807) is 7.11 Å². The van der Waals surface area contributed by atoms with Crippen molar-refractivity contribution in [1.82, 2.24) is 20.1 Å². The zero-order chi connectivity index (χ0) is 18.5. The number of rotatable bonds is 6. The van der Waals surface area contributed by atoms with Gasteiger partial charge in [0.15, 0.2) is 5.16 Å². The fourth-order valence-electron chi connectivity index (χ4n) is 3.29. The SMILES string of the molecule is COc1cccc(-n2c(C)nnc2SCC(=O)NC2CCC(C)CC2)c1. The summed E-state index contributed by atoms with van der Waals surface area (Å²) in [4.78, 5) is 12.3. The summed E-state index contributed by atoms with van der Waals surface area (Å²) in [5.74, 6) is 2.74. The van der Waals surface area contributed by atoms with Crippen LogP contribution in [0.4, 0.5) is 0 Å². The van der Waals surface area contributed by atoms with Crippen LogP contribution in [-0.2, 0) is 4.79 Å². The number of ether oxygens (including phenoxy) is 1. The maximum absolute atomic E-state index is 12.3. The number of methoxy groups -OCH3 is 1. The molecule has 26 heavy (non-hydrogen) atoms. The third kappa shape index (κ3) is 4.58. The first-order valence-corrected chi connectivity index (χ1v) is 10.0. The Balaban J connectivity index is 1.63. The van der Waals surface area contributed by atoms with E-state index in [2.05, 4.69) is 22.4 Å². The van der Waals surface area contributed by atoms with Gasteiger partial charge >= 0.3 is 0 Å². The Bertz CT molecular complexity index is 754. The maximum Gasteiger partial charge on any atom is 0.230 e. The number of aryl methyl sites for hydroxylation is 1. The molecule has 1 aromatic carbocycles. The van der Waals surface area contributed by atoms with E-state index in [0.29, 0.717) is 17.0 Å². The zero-order valence-corrected chi connectivity index (χ0v) is 16.4. The second kappa shape index (κ2) is 8.58. The lowest BCUT2D eigenvalue weighted by atomic mass is 9.87. The molecule has 3 rings (SSSR count). The van der Waals surface area contributed by atoms with E-state index in [1.807, 2.05) is 35.8 Å². The van der Waals surface area contributed by atoms with Crippen LogP contribution in [0.25, 0.3) is 5.69 Å². The average molecular weight is 375 g/mol. The van der Waals surface area contributed by atoms with Crippen LogP contribution >= 0.6 is 11.8 Å². The molecule has 1 aliphatic rings. The minimum absolute atomic E-state index is 0.0624. The average Bonchev–Trinajstić information content (AvgIpc) is 3.02. The van der Waals surface area contributed by atoms with Gasteiger partial charge in [0.25, 0.3) is 0 Å². The Kier molecular flexibility index (Phi) is 6.19. The zero-order valence-electron chi connectivity index (χ0n) is 15.6. The van der Waals surface area contributed by atoms with E-state index in [4.69, 9.17) is 4.74 Å². The van der Waals surface area contributed by atoms with Crippen molar-refractivity contribution in [2.75, 3.05) is 12.9 Å². The van der Waals surface area contributed by atoms with Crippen LogP contribution in [0.5, 0.6) is 5.75 Å². The molecular formula is C19H26N4O2S. The van der Waals surface area contributed by atoms with Crippen molar-refractivity contribution in [3.63, 3.8) is 0 Å². The number of hydrogen-bond acceptors (Lipinski definition) is 5. The largest absolute Gasteiger partial charge is 0.497 e. The second-order valence-corrected chi connectivity index (χ2v) is 7.82. The molecule has 2 aromatic rings. The lowest BCUT2D eigenvalue weighted by molar-refractivity contribution is -0.119. The van der Waals surface area contributed by atoms with Crippen LogP contribution in [0.3, 0.4) is 0 Å². The highest BCUT2D eigenvalue weighted by molar-refractivity contribution is 7.99. The molecule has 140 valence electrons. The third-order valence-electron chi connectivity index (χ3n) is 4.82. The van der Waals surface area contributed by atoms with E-state index in [9.17, 15) is 4.79 Å². The number of nitrogens with zero attached hydrogens (tertiary/aromatic N) is 3. The molecule has 6 nitrogen and oxygen atoms in total. The van der Waals surface area contributed by atoms with Crippen molar-refractivity contribution >= 4 is 17.7 Å². The predicted molar refractivity (Wildman–Crippen MR) is 103 cm³/mol. The van der Waals surface area contributed by atoms with E-state index >= 15 is 0 Å². The van der Waals surface area contributed by atoms with Crippen LogP contribution in [-0.4, -0.2) is 39.6 Å². The van der Waals surface area contributed by atoms with Crippen molar-refractivity contribution in [3.05, 3.63) is 30.1 Å². The summed E-state index contributed by atoms with van der Waals surface area (Å²) in [5, 5.41) is 12.3. The van der Waals surface area contributed by atoms with Crippen molar-refractivity contribution in [3.8, 4) is 11.4 Å². The standard InChI is InChI=1S/C19H26N4O2S/c1-13-7-9-15(10-8-13)20-18(24)12-26-19-22-21-14(2)23(19)16-5-4-6-17(11-16)25-3/h4-6,11,13,15H,7-10,12H2,1-3H3,(H,20,24). The molecule has 1 N–H and O–H groups in total. The Labute approximate surface area is 158 Å². The first-order chi connectivity index (χ1) is 12.6. The molecule has 1 aromatic heterocycles. The third-order valence-corrected chi connectivity index (χ3v) is 5.75. The van der Waals surface area contributed by atoms with E-state index in [0.717, 1.165) is 36.0 Å². The van der Waals surface area contributed by atoms with E-state index in [1.165, 1.54) is 24.6 Å². The number of benzene rings is 1. The number of amides is 1. The predicted octanol–water partition coefficient (Wildman–Crippen LogP) is 3.37. The topological polar surface area (TPSA) is 69.0 Å². The summed E-state index contributed by atoms with van der Waals surface area (Å²) in [7, 11) is 1.64. The summed E-state index contributed by atoms with van der Waals surface area (Å²) < 4.78 is 7.25. The number of hydrogen-bond donors (Lipinski definition) is 1. The lowest BCUT2D eigenvalue weighted by Gasteiger charge is -2.26. The molecule has 1 saturated carbocycles. The van der Waals surface area contributed by atoms with Crippen molar-refractivity contribution < 1.29 is 9.53 Å². The van der Waals surface area contributed by atoms with Crippen LogP contribution in [0.15, 0.2) is 29.4 Å². The second-order valence-electron chi connectivity index (χ2n) is 6.88. The highest BCUT2D eigenvalue weighted by Gasteiger charge is 2.20. The van der Waals surface area contributed by atoms with Gasteiger partial charge in [0, 0.05) is 12.1 Å². The van der Waals surface area contributed by atoms with Gasteiger partial charge in [0.1, 0.15) is 11.6 Å². The molecule has 1 fully saturated rings. The molecule has 0 aliphatic heterocycles. The van der Waals surface area contributed by atoms with Crippen LogP contribution in [0, 0.1) is 12.8 Å². The molecule has 0 saturated heterocycles. The van der Waals surface area contributed by atoms with Gasteiger partial charge in [-0.2, -0.15) is 0 Å². The molecule has 1 heterocycles. The Morgan fingerprint density at radius 1 is 1.31 bits per heavy atom. The summed E-state index contributed by atoms with van der Waals surface area (Å²) in [5.41, 5.74) is 0.927. The molecule has 7 heteroatoms. The number of carbonyl (C=O) groups is 1. The summed E-state index contributed by atoms with van der Waals surface area (Å²) in [6.07, 6.45) is 4.55. The van der Waals surface area contributed by atoms with E-state index < -0.39 is 0 Å². The number of thioether (sulfide) groups is 1. The van der Waals surface area contributed by atoms with Gasteiger partial charge in [-0.05, 0) is 50.7 Å². The minimum atomic E-state index is 0.0624. The summed E-state index contributed by atoms with van der Waals surface area (Å²) >= 11 is 1.41. The normalized spacial score (nSPS) is 20.0. The molecule has 1 aliphatic carbocycles. The summed E-state index contributed by atoms with van der Waals surface area (Å²) in [6.45, 7) is 4.18. The smallest absolute Gasteiger partial charge is 0.230 e. The van der Waals surface area contributed by atoms with Crippen molar-refractivity contribution in [2.24, 2.45) is 5.92 Å². The fourth-order valence-corrected chi connectivity index (χ4v) is 4.10. The first kappa shape index (κ1) is 18.8. The van der Waals surface area contributed by atoms with Gasteiger partial charge in [-0.15, -0.1) is 10.2 Å². The van der Waals surface area contributed by atoms with Gasteiger partial charge in [0.2, 0.25) is 5.91 Å². The van der Waals surface area contributed by atoms with Crippen LogP contribution in [0.1, 0.15) is 38.4 Å². The fraction of sp³-hybridized carbons (Fsp3) is 0.526. The summed E-state index contributed by atoms with van der Waals surface area (Å²) in [6, 6.07) is 8.06. The number of carbonyl (C=O) groups excluding carboxylic acids is 1. The molecule has 0 unspecified atom stereocenters. The lowest BCUT2D eigenvalue weighted by Crippen LogP contribution is -2.38. The Hall–Kier alpha value is -2.02. The van der Waals surface area contributed by atoms with Crippen molar-refractivity contribution in [1.29, 1.82) is 0 Å². The van der Waals surface area contributed by atoms with Crippen LogP contribution in [0.2, 0.25) is 0 Å². The van der Waals surface area contributed by atoms with Gasteiger partial charge < -0.3 is 10.1 Å². The quantitative estimate of drug-likeness (QED) is 0.785. The van der Waals surface area contributed by atoms with Gasteiger partial charge in [-0.25, -0.2) is 0 Å². The van der Waals surface area contributed by atoms with Crippen LogP contribution < -0.4 is 10.1 Å². The molecule has 0 atom stereocenters. The van der Waals surface area contributed by atoms with Gasteiger partial charge in [-0.1, -0.05) is 24.8 Å². The monoisotopic (exact) mass is 374 g/mol. The number of aromatic nitrogens is 3. The minimum Gasteiger partial charge on any atom is -0.497 e. The van der Waals surface area contributed by atoms with E-state index in [-0.39, 0.29) is 5.91 Å². The molecule has 0 radical (unpaired) electrons. The van der Waals surface area contributed by atoms with Gasteiger partial charge in [-0.3, -0.25) is 9.36 Å². The van der Waals surface area contributed by atoms with Gasteiger partial charge in [0.05, 0.1) is 18.6 Å². The molecule has 1 amide bonds. The Morgan fingerprint density at radius 2 is 2.08 bits per heavy atom. The maximum atomic E-state index is 12.3.